The largest absolute Gasteiger partial charge is 0.426 e. The summed E-state index contributed by atoms with van der Waals surface area (Å²) < 4.78 is 12.3. The summed E-state index contributed by atoms with van der Waals surface area (Å²) in [5.74, 6) is 4.91. The maximum absolute atomic E-state index is 13.1. The Labute approximate surface area is 401 Å². The van der Waals surface area contributed by atoms with Crippen LogP contribution in [0.4, 0.5) is 0 Å². The zero-order chi connectivity index (χ0) is 46.4. The lowest BCUT2D eigenvalue weighted by Gasteiger charge is -2.26. The first kappa shape index (κ1) is 57.6. The number of hydrogen-bond donors (Lipinski definition) is 0. The van der Waals surface area contributed by atoms with E-state index in [4.69, 9.17) is 9.47 Å². The SMILES string of the molecule is CCCCCCCCCCCCCCCSCCC(=O)Oc1c(C)cc(Sc2cc(C)c(OC(=O)CCSCCCCCCCCCCCCC)c(C(C)(C)C)c2)cc1C(C)(C)C. The molecule has 0 fully saturated rings. The molecule has 0 aliphatic carbocycles. The Morgan fingerprint density at radius 3 is 1.00 bits per heavy atom. The number of carbonyl (C=O) groups is 2. The minimum atomic E-state index is -0.213. The van der Waals surface area contributed by atoms with E-state index >= 15 is 0 Å². The van der Waals surface area contributed by atoms with Crippen LogP contribution in [0.25, 0.3) is 0 Å². The number of aryl methyl sites for hydroxylation is 2. The third-order valence-electron chi connectivity index (χ3n) is 12.0. The Kier molecular flexibility index (Phi) is 30.9. The van der Waals surface area contributed by atoms with Crippen LogP contribution in [0.5, 0.6) is 11.5 Å². The van der Waals surface area contributed by atoms with Gasteiger partial charge in [0.05, 0.1) is 12.8 Å². The zero-order valence-electron chi connectivity index (χ0n) is 42.4. The standard InChI is InChI=1S/C56H94O4S3/c1-11-13-15-17-19-21-23-24-26-28-30-32-34-38-62-40-36-52(58)60-54-46(4)42-48(44-50(54)56(8,9)10)63-47-41-45(3)53(49(43-47)55(5,6)7)59-51(57)35-39-61-37-33-31-29-27-25-22-20-18-16-14-12-2/h41-44H,11-40H2,1-10H3. The molecule has 7 heteroatoms. The van der Waals surface area contributed by atoms with Crippen molar-refractivity contribution in [2.24, 2.45) is 0 Å². The van der Waals surface area contributed by atoms with Crippen LogP contribution in [0.3, 0.4) is 0 Å². The Morgan fingerprint density at radius 1 is 0.429 bits per heavy atom. The van der Waals surface area contributed by atoms with Crippen molar-refractivity contribution < 1.29 is 19.1 Å². The Morgan fingerprint density at radius 2 is 0.714 bits per heavy atom. The number of carbonyl (C=O) groups excluding carboxylic acids is 2. The van der Waals surface area contributed by atoms with E-state index in [0.29, 0.717) is 24.3 Å². The van der Waals surface area contributed by atoms with Crippen LogP contribution < -0.4 is 9.47 Å². The van der Waals surface area contributed by atoms with Crippen molar-refractivity contribution in [2.75, 3.05) is 23.0 Å². The monoisotopic (exact) mass is 927 g/mol. The maximum atomic E-state index is 13.1. The van der Waals surface area contributed by atoms with Crippen LogP contribution in [0.2, 0.25) is 0 Å². The van der Waals surface area contributed by atoms with E-state index in [2.05, 4.69) is 93.5 Å². The first-order chi connectivity index (χ1) is 30.2. The van der Waals surface area contributed by atoms with E-state index < -0.39 is 0 Å². The second-order valence-electron chi connectivity index (χ2n) is 20.3. The number of ether oxygens (including phenoxy) is 2. The normalized spacial score (nSPS) is 12.0. The van der Waals surface area contributed by atoms with Gasteiger partial charge >= 0.3 is 11.9 Å². The van der Waals surface area contributed by atoms with Gasteiger partial charge in [-0.25, -0.2) is 0 Å². The van der Waals surface area contributed by atoms with Crippen molar-refractivity contribution in [3.63, 3.8) is 0 Å². The van der Waals surface area contributed by atoms with Crippen molar-refractivity contribution >= 4 is 47.2 Å². The highest BCUT2D eigenvalue weighted by Gasteiger charge is 2.26. The van der Waals surface area contributed by atoms with E-state index in [-0.39, 0.29) is 22.8 Å². The van der Waals surface area contributed by atoms with Gasteiger partial charge in [-0.2, -0.15) is 23.5 Å². The smallest absolute Gasteiger partial charge is 0.312 e. The van der Waals surface area contributed by atoms with Gasteiger partial charge < -0.3 is 9.47 Å². The molecule has 0 amide bonds. The summed E-state index contributed by atoms with van der Waals surface area (Å²) in [5.41, 5.74) is 3.59. The van der Waals surface area contributed by atoms with Gasteiger partial charge in [0.25, 0.3) is 0 Å². The van der Waals surface area contributed by atoms with Gasteiger partial charge in [0.15, 0.2) is 0 Å². The molecule has 0 radical (unpaired) electrons. The average Bonchev–Trinajstić information content (AvgIpc) is 3.21. The van der Waals surface area contributed by atoms with Crippen molar-refractivity contribution in [1.29, 1.82) is 0 Å². The third-order valence-corrected chi connectivity index (χ3v) is 15.0. The molecule has 63 heavy (non-hydrogen) atoms. The fraction of sp³-hybridized carbons (Fsp3) is 0.750. The van der Waals surface area contributed by atoms with Gasteiger partial charge in [0.2, 0.25) is 0 Å². The minimum Gasteiger partial charge on any atom is -0.426 e. The lowest BCUT2D eigenvalue weighted by Crippen LogP contribution is -2.18. The molecule has 2 aromatic rings. The van der Waals surface area contributed by atoms with Crippen molar-refractivity contribution in [2.45, 2.75) is 257 Å². The molecule has 0 spiro atoms. The molecule has 0 unspecified atom stereocenters. The summed E-state index contributed by atoms with van der Waals surface area (Å²) >= 11 is 5.46. The topological polar surface area (TPSA) is 52.6 Å². The highest BCUT2D eigenvalue weighted by atomic mass is 32.2. The highest BCUT2D eigenvalue weighted by molar-refractivity contribution is 7.99. The molecule has 0 N–H and O–H groups in total. The van der Waals surface area contributed by atoms with E-state index in [1.807, 2.05) is 23.5 Å². The van der Waals surface area contributed by atoms with Gasteiger partial charge in [-0.05, 0) is 84.4 Å². The van der Waals surface area contributed by atoms with Crippen molar-refractivity contribution in [3.8, 4) is 11.5 Å². The van der Waals surface area contributed by atoms with Gasteiger partial charge in [-0.15, -0.1) is 0 Å². The van der Waals surface area contributed by atoms with Crippen LogP contribution in [-0.2, 0) is 20.4 Å². The minimum absolute atomic E-state index is 0.152. The van der Waals surface area contributed by atoms with Crippen LogP contribution in [-0.4, -0.2) is 35.0 Å². The second-order valence-corrected chi connectivity index (χ2v) is 23.9. The van der Waals surface area contributed by atoms with Gasteiger partial charge in [-0.1, -0.05) is 208 Å². The van der Waals surface area contributed by atoms with Crippen LogP contribution in [0.15, 0.2) is 34.1 Å². The predicted octanol–water partition coefficient (Wildman–Crippen LogP) is 18.5. The number of esters is 2. The first-order valence-corrected chi connectivity index (χ1v) is 28.8. The highest BCUT2D eigenvalue weighted by Crippen LogP contribution is 2.43. The number of rotatable bonds is 36. The van der Waals surface area contributed by atoms with E-state index in [9.17, 15) is 9.59 Å². The second kappa shape index (κ2) is 33.8. The van der Waals surface area contributed by atoms with Gasteiger partial charge in [-0.3, -0.25) is 9.59 Å². The molecule has 0 saturated heterocycles. The number of thioether (sulfide) groups is 2. The molecule has 2 aromatic carbocycles. The van der Waals surface area contributed by atoms with Crippen molar-refractivity contribution in [1.82, 2.24) is 0 Å². The van der Waals surface area contributed by atoms with Gasteiger partial charge in [0, 0.05) is 32.4 Å². The summed E-state index contributed by atoms with van der Waals surface area (Å²) in [4.78, 5) is 28.5. The molecule has 4 nitrogen and oxygen atoms in total. The molecule has 360 valence electrons. The number of unbranched alkanes of at least 4 members (excludes halogenated alkanes) is 22. The third kappa shape index (κ3) is 26.4. The summed E-state index contributed by atoms with van der Waals surface area (Å²) in [7, 11) is 0. The summed E-state index contributed by atoms with van der Waals surface area (Å²) in [5, 5.41) is 0. The van der Waals surface area contributed by atoms with Crippen LogP contribution in [0.1, 0.15) is 245 Å². The molecular weight excluding hydrogens is 833 g/mol. The fourth-order valence-corrected chi connectivity index (χ4v) is 11.0. The molecule has 0 aromatic heterocycles. The lowest BCUT2D eigenvalue weighted by atomic mass is 9.85. The fourth-order valence-electron chi connectivity index (χ4n) is 8.06. The van der Waals surface area contributed by atoms with Crippen LogP contribution >= 0.6 is 35.3 Å². The summed E-state index contributed by atoms with van der Waals surface area (Å²) in [6.07, 6.45) is 33.5. The molecule has 0 heterocycles. The molecule has 0 aliphatic rings. The maximum Gasteiger partial charge on any atom is 0.312 e. The molecule has 0 aliphatic heterocycles. The number of hydrogen-bond acceptors (Lipinski definition) is 7. The zero-order valence-corrected chi connectivity index (χ0v) is 44.8. The van der Waals surface area contributed by atoms with E-state index in [1.165, 1.54) is 154 Å². The quantitative estimate of drug-likeness (QED) is 0.0383. The Balaban J connectivity index is 1.84. The summed E-state index contributed by atoms with van der Waals surface area (Å²) in [6, 6.07) is 8.66. The first-order valence-electron chi connectivity index (χ1n) is 25.7. The van der Waals surface area contributed by atoms with E-state index in [0.717, 1.165) is 55.1 Å². The lowest BCUT2D eigenvalue weighted by molar-refractivity contribution is -0.134. The Bertz CT molecular complexity index is 1540. The molecule has 0 bridgehead atoms. The van der Waals surface area contributed by atoms with Gasteiger partial charge in [0.1, 0.15) is 11.5 Å². The van der Waals surface area contributed by atoms with E-state index in [1.54, 1.807) is 11.8 Å². The van der Waals surface area contributed by atoms with Crippen molar-refractivity contribution in [3.05, 3.63) is 46.5 Å². The summed E-state index contributed by atoms with van der Waals surface area (Å²) in [6.45, 7) is 21.8. The van der Waals surface area contributed by atoms with Crippen LogP contribution in [0, 0.1) is 13.8 Å². The molecule has 0 saturated carbocycles. The molecule has 2 rings (SSSR count). The molecule has 0 atom stereocenters. The Hall–Kier alpha value is -1.57. The predicted molar refractivity (Wildman–Crippen MR) is 281 cm³/mol. The molecular formula is C56H94O4S3. The number of benzene rings is 2. The average molecular weight is 928 g/mol.